The van der Waals surface area contributed by atoms with Gasteiger partial charge in [-0.05, 0) is 18.2 Å². The third-order valence-corrected chi connectivity index (χ3v) is 2.84. The van der Waals surface area contributed by atoms with Crippen LogP contribution in [0.1, 0.15) is 5.56 Å². The number of anilines is 1. The van der Waals surface area contributed by atoms with Crippen LogP contribution in [0.2, 0.25) is 0 Å². The van der Waals surface area contributed by atoms with Crippen molar-refractivity contribution in [2.24, 2.45) is 7.05 Å². The number of hydrogen-bond donors (Lipinski definition) is 1. The smallest absolute Gasteiger partial charge is 0.358 e. The molecule has 2 aromatic rings. The van der Waals surface area contributed by atoms with Crippen molar-refractivity contribution >= 4 is 5.95 Å². The molecule has 0 aliphatic carbocycles. The van der Waals surface area contributed by atoms with Crippen LogP contribution >= 0.6 is 0 Å². The van der Waals surface area contributed by atoms with Gasteiger partial charge in [0.2, 0.25) is 5.95 Å². The number of rotatable bonds is 2. The topological polar surface area (TPSA) is 68.9 Å². The molecule has 9 heteroatoms. The van der Waals surface area contributed by atoms with Crippen molar-refractivity contribution in [3.05, 3.63) is 50.8 Å². The maximum Gasteiger partial charge on any atom is 0.416 e. The van der Waals surface area contributed by atoms with E-state index in [1.54, 1.807) is 0 Å². The minimum atomic E-state index is -4.57. The number of nitrogens with zero attached hydrogens (tertiary/aromatic N) is 3. The molecule has 1 N–H and O–H groups in total. The SMILES string of the molecule is CNc1nc(=O)n(-c2cccc(C(F)(F)F)c2)c(=O)n1C. The molecule has 0 atom stereocenters. The van der Waals surface area contributed by atoms with Crippen LogP contribution in [0.25, 0.3) is 5.69 Å². The highest BCUT2D eigenvalue weighted by Gasteiger charge is 2.30. The molecule has 21 heavy (non-hydrogen) atoms. The fourth-order valence-electron chi connectivity index (χ4n) is 1.80. The highest BCUT2D eigenvalue weighted by molar-refractivity contribution is 5.37. The van der Waals surface area contributed by atoms with Crippen molar-refractivity contribution in [3.8, 4) is 5.69 Å². The zero-order valence-corrected chi connectivity index (χ0v) is 11.1. The van der Waals surface area contributed by atoms with Gasteiger partial charge in [0.05, 0.1) is 11.3 Å². The van der Waals surface area contributed by atoms with Crippen LogP contribution in [0.5, 0.6) is 0 Å². The Morgan fingerprint density at radius 2 is 1.90 bits per heavy atom. The fourth-order valence-corrected chi connectivity index (χ4v) is 1.80. The zero-order chi connectivity index (χ0) is 15.8. The van der Waals surface area contributed by atoms with E-state index in [-0.39, 0.29) is 11.6 Å². The normalized spacial score (nSPS) is 11.5. The standard InChI is InChI=1S/C12H11F3N4O2/c1-16-9-17-10(20)19(11(21)18(9)2)8-5-3-4-7(6-8)12(13,14)15/h3-6H,1-2H3,(H,16,17,20). The minimum Gasteiger partial charge on any atom is -0.358 e. The van der Waals surface area contributed by atoms with Gasteiger partial charge in [-0.25, -0.2) is 14.2 Å². The van der Waals surface area contributed by atoms with Crippen LogP contribution in [-0.2, 0) is 13.2 Å². The van der Waals surface area contributed by atoms with Crippen molar-refractivity contribution in [2.45, 2.75) is 6.18 Å². The molecule has 6 nitrogen and oxygen atoms in total. The van der Waals surface area contributed by atoms with E-state index in [4.69, 9.17) is 0 Å². The number of nitrogens with one attached hydrogen (secondary N) is 1. The first-order valence-electron chi connectivity index (χ1n) is 5.81. The van der Waals surface area contributed by atoms with Gasteiger partial charge in [0, 0.05) is 14.1 Å². The Kier molecular flexibility index (Phi) is 3.58. The van der Waals surface area contributed by atoms with Crippen molar-refractivity contribution in [1.82, 2.24) is 14.1 Å². The monoisotopic (exact) mass is 300 g/mol. The maximum absolute atomic E-state index is 12.7. The van der Waals surface area contributed by atoms with Gasteiger partial charge in [-0.15, -0.1) is 0 Å². The molecule has 1 aromatic heterocycles. The zero-order valence-electron chi connectivity index (χ0n) is 11.1. The van der Waals surface area contributed by atoms with Gasteiger partial charge >= 0.3 is 17.6 Å². The second kappa shape index (κ2) is 5.08. The largest absolute Gasteiger partial charge is 0.416 e. The lowest BCUT2D eigenvalue weighted by Gasteiger charge is -2.12. The number of benzene rings is 1. The van der Waals surface area contributed by atoms with Gasteiger partial charge in [0.1, 0.15) is 0 Å². The first-order valence-corrected chi connectivity index (χ1v) is 5.81. The lowest BCUT2D eigenvalue weighted by atomic mass is 10.2. The third kappa shape index (κ3) is 2.67. The van der Waals surface area contributed by atoms with E-state index in [0.717, 1.165) is 22.8 Å². The molecule has 0 unspecified atom stereocenters. The predicted octanol–water partition coefficient (Wildman–Crippen LogP) is 0.992. The summed E-state index contributed by atoms with van der Waals surface area (Å²) < 4.78 is 39.7. The Hall–Kier alpha value is -2.58. The first-order chi connectivity index (χ1) is 9.75. The summed E-state index contributed by atoms with van der Waals surface area (Å²) in [7, 11) is 2.82. The number of hydrogen-bond acceptors (Lipinski definition) is 4. The number of aromatic nitrogens is 3. The Labute approximate surface area is 116 Å². The fraction of sp³-hybridized carbons (Fsp3) is 0.250. The van der Waals surface area contributed by atoms with E-state index in [1.807, 2.05) is 0 Å². The Morgan fingerprint density at radius 3 is 2.48 bits per heavy atom. The van der Waals surface area contributed by atoms with Crippen LogP contribution in [0.4, 0.5) is 19.1 Å². The van der Waals surface area contributed by atoms with Gasteiger partial charge < -0.3 is 5.32 Å². The van der Waals surface area contributed by atoms with Crippen molar-refractivity contribution in [3.63, 3.8) is 0 Å². The second-order valence-corrected chi connectivity index (χ2v) is 4.19. The van der Waals surface area contributed by atoms with Gasteiger partial charge in [-0.1, -0.05) is 6.07 Å². The first kappa shape index (κ1) is 14.8. The second-order valence-electron chi connectivity index (χ2n) is 4.19. The summed E-state index contributed by atoms with van der Waals surface area (Å²) in [5.41, 5.74) is -2.89. The molecule has 0 aliphatic rings. The average Bonchev–Trinajstić information content (AvgIpc) is 2.42. The molecule has 0 saturated carbocycles. The Balaban J connectivity index is 2.72. The lowest BCUT2D eigenvalue weighted by Crippen LogP contribution is -2.40. The van der Waals surface area contributed by atoms with Crippen molar-refractivity contribution in [2.75, 3.05) is 12.4 Å². The molecule has 112 valence electrons. The Morgan fingerprint density at radius 1 is 1.24 bits per heavy atom. The van der Waals surface area contributed by atoms with Gasteiger partial charge in [0.15, 0.2) is 0 Å². The maximum atomic E-state index is 12.7. The van der Waals surface area contributed by atoms with E-state index >= 15 is 0 Å². The summed E-state index contributed by atoms with van der Waals surface area (Å²) in [6.07, 6.45) is -4.57. The van der Waals surface area contributed by atoms with Gasteiger partial charge in [-0.2, -0.15) is 18.2 Å². The minimum absolute atomic E-state index is 0.0215. The van der Waals surface area contributed by atoms with E-state index in [9.17, 15) is 22.8 Å². The highest BCUT2D eigenvalue weighted by Crippen LogP contribution is 2.29. The molecule has 0 amide bonds. The Bertz CT molecular complexity index is 792. The van der Waals surface area contributed by atoms with Crippen LogP contribution in [0.3, 0.4) is 0 Å². The molecular weight excluding hydrogens is 289 g/mol. The van der Waals surface area contributed by atoms with E-state index in [2.05, 4.69) is 10.3 Å². The summed E-state index contributed by atoms with van der Waals surface area (Å²) >= 11 is 0. The van der Waals surface area contributed by atoms with Gasteiger partial charge in [0.25, 0.3) is 0 Å². The number of halogens is 3. The quantitative estimate of drug-likeness (QED) is 0.898. The van der Waals surface area contributed by atoms with E-state index in [1.165, 1.54) is 20.2 Å². The third-order valence-electron chi connectivity index (χ3n) is 2.84. The van der Waals surface area contributed by atoms with Crippen molar-refractivity contribution in [1.29, 1.82) is 0 Å². The summed E-state index contributed by atoms with van der Waals surface area (Å²) in [5.74, 6) is 0.0215. The molecule has 2 rings (SSSR count). The summed E-state index contributed by atoms with van der Waals surface area (Å²) in [6, 6.07) is 3.94. The van der Waals surface area contributed by atoms with Crippen LogP contribution in [0, 0.1) is 0 Å². The highest BCUT2D eigenvalue weighted by atomic mass is 19.4. The molecule has 0 fully saturated rings. The molecule has 0 spiro atoms. The molecular formula is C12H11F3N4O2. The molecule has 0 bridgehead atoms. The molecule has 0 saturated heterocycles. The van der Waals surface area contributed by atoms with Crippen LogP contribution < -0.4 is 16.7 Å². The lowest BCUT2D eigenvalue weighted by molar-refractivity contribution is -0.137. The molecule has 1 heterocycles. The van der Waals surface area contributed by atoms with Crippen molar-refractivity contribution < 1.29 is 13.2 Å². The summed E-state index contributed by atoms with van der Waals surface area (Å²) in [5, 5.41) is 2.55. The summed E-state index contributed by atoms with van der Waals surface area (Å²) in [6.45, 7) is 0. The van der Waals surface area contributed by atoms with E-state index in [0.29, 0.717) is 4.57 Å². The van der Waals surface area contributed by atoms with E-state index < -0.39 is 23.1 Å². The average molecular weight is 300 g/mol. The molecule has 1 aromatic carbocycles. The van der Waals surface area contributed by atoms with Crippen LogP contribution in [-0.4, -0.2) is 21.2 Å². The number of alkyl halides is 3. The molecule has 0 radical (unpaired) electrons. The predicted molar refractivity (Wildman–Crippen MR) is 69.6 cm³/mol. The van der Waals surface area contributed by atoms with Gasteiger partial charge in [-0.3, -0.25) is 4.57 Å². The van der Waals surface area contributed by atoms with Crippen LogP contribution in [0.15, 0.2) is 33.9 Å². The summed E-state index contributed by atoms with van der Waals surface area (Å²) in [4.78, 5) is 27.5. The molecule has 0 aliphatic heterocycles.